The number of carbonyl (C=O) groups is 1. The molecule has 1 atom stereocenters. The lowest BCUT2D eigenvalue weighted by Crippen LogP contribution is -2.25. The van der Waals surface area contributed by atoms with Gasteiger partial charge in [0.15, 0.2) is 0 Å². The van der Waals surface area contributed by atoms with Crippen LogP contribution >= 0.6 is 0 Å². The lowest BCUT2D eigenvalue weighted by atomic mass is 9.99. The monoisotopic (exact) mass is 334 g/mol. The predicted molar refractivity (Wildman–Crippen MR) is 84.4 cm³/mol. The van der Waals surface area contributed by atoms with Crippen molar-refractivity contribution < 1.29 is 17.6 Å². The molecule has 0 aliphatic carbocycles. The van der Waals surface area contributed by atoms with Crippen LogP contribution in [0.1, 0.15) is 23.7 Å². The van der Waals surface area contributed by atoms with Gasteiger partial charge in [0.25, 0.3) is 0 Å². The van der Waals surface area contributed by atoms with Gasteiger partial charge in [0.1, 0.15) is 5.76 Å². The molecule has 7 heteroatoms. The molecule has 122 valence electrons. The minimum atomic E-state index is -3.54. The SMILES string of the molecule is O=C1C[C@@H](c2ccc(S(=O)(=O)NCCc3ccco3)cc2)CN1. The van der Waals surface area contributed by atoms with E-state index in [2.05, 4.69) is 10.0 Å². The Hall–Kier alpha value is -2.12. The van der Waals surface area contributed by atoms with Crippen molar-refractivity contribution in [1.29, 1.82) is 0 Å². The molecule has 6 nitrogen and oxygen atoms in total. The molecule has 1 aromatic carbocycles. The molecule has 1 aliphatic heterocycles. The molecule has 0 saturated carbocycles. The first kappa shape index (κ1) is 15.8. The van der Waals surface area contributed by atoms with Gasteiger partial charge in [-0.1, -0.05) is 12.1 Å². The summed E-state index contributed by atoms with van der Waals surface area (Å²) in [5, 5.41) is 2.78. The van der Waals surface area contributed by atoms with E-state index in [1.807, 2.05) is 0 Å². The maximum Gasteiger partial charge on any atom is 0.240 e. The highest BCUT2D eigenvalue weighted by Crippen LogP contribution is 2.24. The Morgan fingerprint density at radius 3 is 2.61 bits per heavy atom. The molecular weight excluding hydrogens is 316 g/mol. The lowest BCUT2D eigenvalue weighted by Gasteiger charge is -2.10. The summed E-state index contributed by atoms with van der Waals surface area (Å²) in [6.07, 6.45) is 2.51. The zero-order valence-electron chi connectivity index (χ0n) is 12.5. The molecular formula is C16H18N2O4S. The van der Waals surface area contributed by atoms with Crippen LogP contribution in [0.2, 0.25) is 0 Å². The highest BCUT2D eigenvalue weighted by molar-refractivity contribution is 7.89. The second kappa shape index (κ2) is 6.55. The summed E-state index contributed by atoms with van der Waals surface area (Å²) in [7, 11) is -3.54. The van der Waals surface area contributed by atoms with Crippen LogP contribution in [-0.2, 0) is 21.2 Å². The molecule has 0 bridgehead atoms. The van der Waals surface area contributed by atoms with E-state index in [1.165, 1.54) is 0 Å². The van der Waals surface area contributed by atoms with Crippen molar-refractivity contribution in [3.63, 3.8) is 0 Å². The fourth-order valence-electron chi connectivity index (χ4n) is 2.61. The standard InChI is InChI=1S/C16H18N2O4S/c19-16-10-13(11-17-16)12-3-5-15(6-4-12)23(20,21)18-8-7-14-2-1-9-22-14/h1-6,9,13,18H,7-8,10-11H2,(H,17,19)/t13-/m1/s1. The van der Waals surface area contributed by atoms with Crippen LogP contribution < -0.4 is 10.0 Å². The number of furan rings is 1. The van der Waals surface area contributed by atoms with Gasteiger partial charge in [-0.3, -0.25) is 4.79 Å². The largest absolute Gasteiger partial charge is 0.469 e. The quantitative estimate of drug-likeness (QED) is 0.836. The van der Waals surface area contributed by atoms with Crippen molar-refractivity contribution in [1.82, 2.24) is 10.0 Å². The summed E-state index contributed by atoms with van der Waals surface area (Å²) >= 11 is 0. The van der Waals surface area contributed by atoms with Gasteiger partial charge in [0.05, 0.1) is 11.2 Å². The first-order valence-corrected chi connectivity index (χ1v) is 8.91. The lowest BCUT2D eigenvalue weighted by molar-refractivity contribution is -0.119. The van der Waals surface area contributed by atoms with Crippen LogP contribution in [0.25, 0.3) is 0 Å². The Labute approximate surface area is 134 Å². The van der Waals surface area contributed by atoms with Crippen molar-refractivity contribution in [2.75, 3.05) is 13.1 Å². The Balaban J connectivity index is 1.62. The van der Waals surface area contributed by atoms with Crippen molar-refractivity contribution in [3.05, 3.63) is 54.0 Å². The van der Waals surface area contributed by atoms with Crippen molar-refractivity contribution in [2.24, 2.45) is 0 Å². The minimum absolute atomic E-state index is 0.0336. The molecule has 0 radical (unpaired) electrons. The van der Waals surface area contributed by atoms with Crippen molar-refractivity contribution in [3.8, 4) is 0 Å². The zero-order valence-corrected chi connectivity index (χ0v) is 13.3. The number of sulfonamides is 1. The molecule has 0 unspecified atom stereocenters. The summed E-state index contributed by atoms with van der Waals surface area (Å²) in [5.74, 6) is 0.888. The summed E-state index contributed by atoms with van der Waals surface area (Å²) in [4.78, 5) is 11.5. The van der Waals surface area contributed by atoms with E-state index < -0.39 is 10.0 Å². The Morgan fingerprint density at radius 1 is 1.22 bits per heavy atom. The molecule has 1 fully saturated rings. The number of rotatable bonds is 6. The fraction of sp³-hybridized carbons (Fsp3) is 0.312. The first-order chi connectivity index (χ1) is 11.0. The van der Waals surface area contributed by atoms with E-state index in [0.29, 0.717) is 19.4 Å². The van der Waals surface area contributed by atoms with Gasteiger partial charge in [-0.2, -0.15) is 0 Å². The second-order valence-corrected chi connectivity index (χ2v) is 7.27. The summed E-state index contributed by atoms with van der Waals surface area (Å²) in [6.45, 7) is 0.880. The van der Waals surface area contributed by atoms with Gasteiger partial charge in [0, 0.05) is 31.8 Å². The summed E-state index contributed by atoms with van der Waals surface area (Å²) in [6, 6.07) is 10.3. The summed E-state index contributed by atoms with van der Waals surface area (Å²) in [5.41, 5.74) is 0.970. The van der Waals surface area contributed by atoms with Crippen LogP contribution in [0, 0.1) is 0 Å². The molecule has 0 spiro atoms. The van der Waals surface area contributed by atoms with Gasteiger partial charge >= 0.3 is 0 Å². The van der Waals surface area contributed by atoms with E-state index in [-0.39, 0.29) is 23.3 Å². The first-order valence-electron chi connectivity index (χ1n) is 7.43. The number of hydrogen-bond acceptors (Lipinski definition) is 4. The molecule has 2 N–H and O–H groups in total. The third kappa shape index (κ3) is 3.80. The second-order valence-electron chi connectivity index (χ2n) is 5.50. The zero-order chi connectivity index (χ0) is 16.3. The van der Waals surface area contributed by atoms with Crippen LogP contribution in [0.3, 0.4) is 0 Å². The molecule has 1 saturated heterocycles. The van der Waals surface area contributed by atoms with Gasteiger partial charge in [-0.25, -0.2) is 13.1 Å². The Bertz CT molecular complexity index is 767. The maximum atomic E-state index is 12.2. The number of amides is 1. The smallest absolute Gasteiger partial charge is 0.240 e. The van der Waals surface area contributed by atoms with E-state index >= 15 is 0 Å². The molecule has 23 heavy (non-hydrogen) atoms. The Morgan fingerprint density at radius 2 is 2.00 bits per heavy atom. The van der Waals surface area contributed by atoms with E-state index in [1.54, 1.807) is 42.7 Å². The molecule has 1 aliphatic rings. The van der Waals surface area contributed by atoms with Crippen molar-refractivity contribution in [2.45, 2.75) is 23.7 Å². The summed E-state index contributed by atoms with van der Waals surface area (Å²) < 4.78 is 32.2. The molecule has 2 aromatic rings. The average Bonchev–Trinajstić information content (AvgIpc) is 3.19. The van der Waals surface area contributed by atoms with Gasteiger partial charge in [-0.05, 0) is 29.8 Å². The number of nitrogens with one attached hydrogen (secondary N) is 2. The molecule has 1 aromatic heterocycles. The van der Waals surface area contributed by atoms with E-state index in [9.17, 15) is 13.2 Å². The number of carbonyl (C=O) groups excluding carboxylic acids is 1. The van der Waals surface area contributed by atoms with Gasteiger partial charge in [0.2, 0.25) is 15.9 Å². The van der Waals surface area contributed by atoms with Crippen LogP contribution in [0.15, 0.2) is 52.0 Å². The molecule has 1 amide bonds. The number of hydrogen-bond donors (Lipinski definition) is 2. The Kier molecular flexibility index (Phi) is 4.49. The average molecular weight is 334 g/mol. The van der Waals surface area contributed by atoms with E-state index in [0.717, 1.165) is 11.3 Å². The predicted octanol–water partition coefficient (Wildman–Crippen LogP) is 1.40. The van der Waals surface area contributed by atoms with Crippen LogP contribution in [0.4, 0.5) is 0 Å². The number of benzene rings is 1. The topological polar surface area (TPSA) is 88.4 Å². The van der Waals surface area contributed by atoms with Gasteiger partial charge in [-0.15, -0.1) is 0 Å². The van der Waals surface area contributed by atoms with Crippen LogP contribution in [0.5, 0.6) is 0 Å². The normalized spacial score (nSPS) is 18.1. The van der Waals surface area contributed by atoms with Gasteiger partial charge < -0.3 is 9.73 Å². The van der Waals surface area contributed by atoms with Crippen LogP contribution in [-0.4, -0.2) is 27.4 Å². The van der Waals surface area contributed by atoms with Crippen molar-refractivity contribution >= 4 is 15.9 Å². The fourth-order valence-corrected chi connectivity index (χ4v) is 3.64. The third-order valence-corrected chi connectivity index (χ3v) is 5.36. The minimum Gasteiger partial charge on any atom is -0.469 e. The maximum absolute atomic E-state index is 12.2. The molecule has 2 heterocycles. The van der Waals surface area contributed by atoms with E-state index in [4.69, 9.17) is 4.42 Å². The third-order valence-electron chi connectivity index (χ3n) is 3.88. The highest BCUT2D eigenvalue weighted by atomic mass is 32.2. The molecule has 3 rings (SSSR count). The highest BCUT2D eigenvalue weighted by Gasteiger charge is 2.23.